The van der Waals surface area contributed by atoms with Gasteiger partial charge in [-0.3, -0.25) is 4.79 Å². The molecule has 2 N–H and O–H groups in total. The second-order valence-electron chi connectivity index (χ2n) is 8.63. The number of carboxylic acid groups (broad SMARTS) is 1. The number of piperidine rings is 1. The molecule has 34 heavy (non-hydrogen) atoms. The molecule has 1 aliphatic heterocycles. The molecule has 0 bridgehead atoms. The third-order valence-corrected chi connectivity index (χ3v) is 6.16. The van der Waals surface area contributed by atoms with Gasteiger partial charge in [0.15, 0.2) is 0 Å². The summed E-state index contributed by atoms with van der Waals surface area (Å²) in [6.45, 7) is 6.27. The summed E-state index contributed by atoms with van der Waals surface area (Å²) in [4.78, 5) is 26.9. The first-order valence-electron chi connectivity index (χ1n) is 12.2. The molecule has 1 amide bonds. The molecule has 0 spiro atoms. The van der Waals surface area contributed by atoms with Gasteiger partial charge in [-0.2, -0.15) is 0 Å². The number of anilines is 1. The highest BCUT2D eigenvalue weighted by Gasteiger charge is 2.23. The minimum Gasteiger partial charge on any atom is -0.497 e. The number of carbonyl (C=O) groups is 2. The number of hydrogen-bond donors (Lipinski definition) is 2. The van der Waals surface area contributed by atoms with Crippen LogP contribution in [0.2, 0.25) is 0 Å². The van der Waals surface area contributed by atoms with Gasteiger partial charge in [-0.05, 0) is 61.9 Å². The highest BCUT2D eigenvalue weighted by Crippen LogP contribution is 2.34. The van der Waals surface area contributed by atoms with Crippen LogP contribution in [0.15, 0.2) is 36.4 Å². The van der Waals surface area contributed by atoms with E-state index in [2.05, 4.69) is 29.3 Å². The summed E-state index contributed by atoms with van der Waals surface area (Å²) in [6, 6.07) is 10.8. The molecule has 2 aromatic carbocycles. The van der Waals surface area contributed by atoms with Gasteiger partial charge in [-0.25, -0.2) is 4.79 Å². The van der Waals surface area contributed by atoms with E-state index < -0.39 is 5.97 Å². The van der Waals surface area contributed by atoms with E-state index >= 15 is 0 Å². The average Bonchev–Trinajstić information content (AvgIpc) is 2.84. The molecule has 1 saturated heterocycles. The van der Waals surface area contributed by atoms with Gasteiger partial charge in [0.25, 0.3) is 0 Å². The van der Waals surface area contributed by atoms with Crippen molar-refractivity contribution in [1.82, 2.24) is 5.32 Å². The fraction of sp³-hybridized carbons (Fsp3) is 0.481. The van der Waals surface area contributed by atoms with Crippen LogP contribution in [0, 0.1) is 0 Å². The topological polar surface area (TPSA) is 88.1 Å². The van der Waals surface area contributed by atoms with Crippen LogP contribution in [0.4, 0.5) is 5.69 Å². The Hall–Kier alpha value is -3.22. The smallest absolute Gasteiger partial charge is 0.339 e. The standard InChI is InChI=1S/C27H36N2O5/c1-4-9-23(21-13-11-20(33-3)18-24(21)29-14-7-6-8-15-29)28-26(30)17-19-10-12-22(27(31)32)25(16-19)34-5-2/h10-13,16,18,23H,4-9,14-15,17H2,1-3H3,(H,28,30)(H,31,32). The Morgan fingerprint density at radius 2 is 1.85 bits per heavy atom. The van der Waals surface area contributed by atoms with Crippen molar-refractivity contribution in [2.45, 2.75) is 58.4 Å². The van der Waals surface area contributed by atoms with E-state index in [-0.39, 0.29) is 29.7 Å². The summed E-state index contributed by atoms with van der Waals surface area (Å²) in [5.41, 5.74) is 3.04. The van der Waals surface area contributed by atoms with Crippen molar-refractivity contribution in [2.75, 3.05) is 31.7 Å². The maximum atomic E-state index is 13.1. The van der Waals surface area contributed by atoms with Gasteiger partial charge in [-0.1, -0.05) is 25.5 Å². The second-order valence-corrected chi connectivity index (χ2v) is 8.63. The molecule has 1 heterocycles. The molecule has 7 heteroatoms. The van der Waals surface area contributed by atoms with Crippen LogP contribution in [-0.2, 0) is 11.2 Å². The molecule has 3 rings (SSSR count). The lowest BCUT2D eigenvalue weighted by molar-refractivity contribution is -0.121. The zero-order chi connectivity index (χ0) is 24.5. The van der Waals surface area contributed by atoms with Gasteiger partial charge in [0.2, 0.25) is 5.91 Å². The minimum atomic E-state index is -1.05. The van der Waals surface area contributed by atoms with Crippen LogP contribution in [0.25, 0.3) is 0 Å². The minimum absolute atomic E-state index is 0.0965. The van der Waals surface area contributed by atoms with E-state index in [0.717, 1.165) is 55.8 Å². The van der Waals surface area contributed by atoms with Crippen molar-refractivity contribution in [3.63, 3.8) is 0 Å². The fourth-order valence-corrected chi connectivity index (χ4v) is 4.51. The van der Waals surface area contributed by atoms with E-state index in [9.17, 15) is 14.7 Å². The number of aromatic carboxylic acids is 1. The maximum absolute atomic E-state index is 13.1. The van der Waals surface area contributed by atoms with Crippen molar-refractivity contribution in [3.05, 3.63) is 53.1 Å². The number of rotatable bonds is 11. The lowest BCUT2D eigenvalue weighted by Crippen LogP contribution is -2.34. The summed E-state index contributed by atoms with van der Waals surface area (Å²) in [6.07, 6.45) is 5.47. The molecule has 1 fully saturated rings. The molecule has 1 unspecified atom stereocenters. The van der Waals surface area contributed by atoms with E-state index in [1.54, 1.807) is 26.2 Å². The normalized spacial score (nSPS) is 14.4. The molecule has 0 aromatic heterocycles. The molecule has 1 atom stereocenters. The zero-order valence-corrected chi connectivity index (χ0v) is 20.4. The number of hydrogen-bond acceptors (Lipinski definition) is 5. The molecule has 0 saturated carbocycles. The molecule has 1 aliphatic rings. The van der Waals surface area contributed by atoms with Gasteiger partial charge < -0.3 is 24.8 Å². The van der Waals surface area contributed by atoms with Gasteiger partial charge in [-0.15, -0.1) is 0 Å². The first-order valence-corrected chi connectivity index (χ1v) is 12.2. The Bertz CT molecular complexity index is 985. The summed E-state index contributed by atoms with van der Waals surface area (Å²) in [7, 11) is 1.67. The van der Waals surface area contributed by atoms with E-state index in [0.29, 0.717) is 12.2 Å². The highest BCUT2D eigenvalue weighted by atomic mass is 16.5. The Labute approximate surface area is 202 Å². The first-order chi connectivity index (χ1) is 16.5. The quantitative estimate of drug-likeness (QED) is 0.483. The fourth-order valence-electron chi connectivity index (χ4n) is 4.51. The van der Waals surface area contributed by atoms with Crippen molar-refractivity contribution in [3.8, 4) is 11.5 Å². The molecule has 184 valence electrons. The number of methoxy groups -OCH3 is 1. The molecule has 7 nitrogen and oxygen atoms in total. The number of ether oxygens (including phenoxy) is 2. The molecular formula is C27H36N2O5. The van der Waals surface area contributed by atoms with E-state index in [4.69, 9.17) is 9.47 Å². The third-order valence-electron chi connectivity index (χ3n) is 6.16. The zero-order valence-electron chi connectivity index (χ0n) is 20.4. The number of amides is 1. The van der Waals surface area contributed by atoms with Gasteiger partial charge >= 0.3 is 5.97 Å². The monoisotopic (exact) mass is 468 g/mol. The molecule has 0 radical (unpaired) electrons. The van der Waals surface area contributed by atoms with Gasteiger partial charge in [0.05, 0.1) is 26.2 Å². The third kappa shape index (κ3) is 6.43. The largest absolute Gasteiger partial charge is 0.497 e. The first kappa shape index (κ1) is 25.4. The Morgan fingerprint density at radius 1 is 1.09 bits per heavy atom. The Kier molecular flexibility index (Phi) is 9.19. The van der Waals surface area contributed by atoms with Crippen LogP contribution < -0.4 is 19.7 Å². The lowest BCUT2D eigenvalue weighted by atomic mass is 9.97. The number of carbonyl (C=O) groups excluding carboxylic acids is 1. The lowest BCUT2D eigenvalue weighted by Gasteiger charge is -2.33. The molecule has 2 aromatic rings. The van der Waals surface area contributed by atoms with Gasteiger partial charge in [0.1, 0.15) is 17.1 Å². The van der Waals surface area contributed by atoms with Crippen LogP contribution in [-0.4, -0.2) is 43.8 Å². The van der Waals surface area contributed by atoms with Crippen LogP contribution in [0.3, 0.4) is 0 Å². The SMILES string of the molecule is CCCC(NC(=O)Cc1ccc(C(=O)O)c(OCC)c1)c1ccc(OC)cc1N1CCCCC1. The van der Waals surface area contributed by atoms with Crippen molar-refractivity contribution < 1.29 is 24.2 Å². The number of nitrogens with zero attached hydrogens (tertiary/aromatic N) is 1. The van der Waals surface area contributed by atoms with Crippen molar-refractivity contribution in [1.29, 1.82) is 0 Å². The maximum Gasteiger partial charge on any atom is 0.339 e. The van der Waals surface area contributed by atoms with E-state index in [1.165, 1.54) is 12.5 Å². The second kappa shape index (κ2) is 12.3. The Balaban J connectivity index is 1.82. The summed E-state index contributed by atoms with van der Waals surface area (Å²) in [5.74, 6) is -0.0579. The average molecular weight is 469 g/mol. The van der Waals surface area contributed by atoms with Crippen LogP contribution >= 0.6 is 0 Å². The predicted octanol–water partition coefficient (Wildman–Crippen LogP) is 4.98. The summed E-state index contributed by atoms with van der Waals surface area (Å²) in [5, 5.41) is 12.6. The Morgan fingerprint density at radius 3 is 2.50 bits per heavy atom. The molecular weight excluding hydrogens is 432 g/mol. The van der Waals surface area contributed by atoms with Crippen molar-refractivity contribution >= 4 is 17.6 Å². The molecule has 0 aliphatic carbocycles. The number of nitrogens with one attached hydrogen (secondary N) is 1. The highest BCUT2D eigenvalue weighted by molar-refractivity contribution is 5.91. The van der Waals surface area contributed by atoms with E-state index in [1.807, 2.05) is 6.07 Å². The van der Waals surface area contributed by atoms with Crippen molar-refractivity contribution in [2.24, 2.45) is 0 Å². The predicted molar refractivity (Wildman–Crippen MR) is 133 cm³/mol. The van der Waals surface area contributed by atoms with Gasteiger partial charge in [0, 0.05) is 24.8 Å². The number of carboxylic acids is 1. The number of benzene rings is 2. The van der Waals surface area contributed by atoms with Crippen LogP contribution in [0.5, 0.6) is 11.5 Å². The van der Waals surface area contributed by atoms with Crippen LogP contribution in [0.1, 0.15) is 73.5 Å². The summed E-state index contributed by atoms with van der Waals surface area (Å²) >= 11 is 0. The summed E-state index contributed by atoms with van der Waals surface area (Å²) < 4.78 is 11.0.